The number of nitrogens with one attached hydrogen (secondary N) is 1. The van der Waals surface area contributed by atoms with Crippen molar-refractivity contribution < 1.29 is 61.4 Å². The van der Waals surface area contributed by atoms with Crippen LogP contribution in [0.5, 0.6) is 0 Å². The maximum atomic E-state index is 11.7. The van der Waals surface area contributed by atoms with Crippen LogP contribution in [0.4, 0.5) is 0 Å². The zero-order valence-corrected chi connectivity index (χ0v) is 20.3. The van der Waals surface area contributed by atoms with Crippen LogP contribution in [0.1, 0.15) is 6.23 Å². The molecule has 6 atom stereocenters. The van der Waals surface area contributed by atoms with Crippen molar-refractivity contribution in [2.45, 2.75) is 24.5 Å². The molecule has 0 spiro atoms. The Bertz CT molecular complexity index is 1010. The number of phosphoric ester groups is 1. The summed E-state index contributed by atoms with van der Waals surface area (Å²) in [6.45, 7) is -0.977. The normalized spacial score (nSPS) is 28.3. The van der Waals surface area contributed by atoms with Gasteiger partial charge in [-0.1, -0.05) is 0 Å². The molecule has 0 amide bonds. The maximum Gasteiger partial charge on any atom is 0.490 e. The molecule has 0 aliphatic carbocycles. The first-order valence-electron chi connectivity index (χ1n) is 7.22. The Morgan fingerprint density at radius 1 is 1.10 bits per heavy atom. The summed E-state index contributed by atoms with van der Waals surface area (Å²) < 4.78 is 51.1. The second kappa shape index (κ2) is 10.5. The summed E-state index contributed by atoms with van der Waals surface area (Å²) in [5.41, 5.74) is -0.538. The summed E-state index contributed by atoms with van der Waals surface area (Å²) in [6, 6.07) is 1.05. The van der Waals surface area contributed by atoms with Crippen molar-refractivity contribution in [2.75, 3.05) is 6.61 Å². The van der Waals surface area contributed by atoms with Gasteiger partial charge in [-0.2, -0.15) is 8.62 Å². The van der Waals surface area contributed by atoms with Crippen LogP contribution in [0.3, 0.4) is 0 Å². The summed E-state index contributed by atoms with van der Waals surface area (Å²) in [7, 11) is -16.7. The fraction of sp³-hybridized carbons (Fsp3) is 0.556. The molecule has 1 aromatic rings. The van der Waals surface area contributed by atoms with E-state index in [9.17, 15) is 33.6 Å². The molecule has 30 heavy (non-hydrogen) atoms. The predicted octanol–water partition coefficient (Wildman–Crippen LogP) is -1.51. The zero-order chi connectivity index (χ0) is 22.2. The number of phosphoric acid groups is 3. The first-order chi connectivity index (χ1) is 13.1. The Labute approximate surface area is 194 Å². The number of aliphatic hydroxyl groups excluding tert-OH is 2. The summed E-state index contributed by atoms with van der Waals surface area (Å²) in [6.07, 6.45) is -4.97. The van der Waals surface area contributed by atoms with Gasteiger partial charge in [0.15, 0.2) is 11.0 Å². The Morgan fingerprint density at radius 2 is 1.70 bits per heavy atom. The van der Waals surface area contributed by atoms with Crippen LogP contribution in [-0.2, 0) is 31.6 Å². The molecule has 1 aliphatic heterocycles. The van der Waals surface area contributed by atoms with E-state index < -0.39 is 60.2 Å². The third kappa shape index (κ3) is 8.06. The van der Waals surface area contributed by atoms with Gasteiger partial charge in [0.05, 0.1) is 6.61 Å². The van der Waals surface area contributed by atoms with Gasteiger partial charge in [0.25, 0.3) is 5.56 Å². The predicted molar refractivity (Wildman–Crippen MR) is 97.4 cm³/mol. The van der Waals surface area contributed by atoms with Crippen molar-refractivity contribution in [1.82, 2.24) is 9.55 Å². The van der Waals surface area contributed by atoms with Crippen LogP contribution in [0.25, 0.3) is 0 Å². The Balaban J connectivity index is 0.00000450. The molecular formula is C9H15N2NaO14P3S. The smallest absolute Gasteiger partial charge is 0.387 e. The molecule has 1 fully saturated rings. The van der Waals surface area contributed by atoms with Crippen LogP contribution in [0.2, 0.25) is 0 Å². The molecule has 0 bridgehead atoms. The first-order valence-corrected chi connectivity index (χ1v) is 12.1. The van der Waals surface area contributed by atoms with E-state index in [1.54, 1.807) is 0 Å². The largest absolute Gasteiger partial charge is 0.490 e. The Hall–Kier alpha value is 0.390. The number of aromatic nitrogens is 2. The van der Waals surface area contributed by atoms with E-state index in [-0.39, 0.29) is 34.3 Å². The molecule has 2 rings (SSSR count). The molecule has 16 nitrogen and oxygen atoms in total. The van der Waals surface area contributed by atoms with E-state index in [0.29, 0.717) is 0 Å². The van der Waals surface area contributed by atoms with Gasteiger partial charge in [-0.05, 0) is 12.2 Å². The molecule has 167 valence electrons. The van der Waals surface area contributed by atoms with Crippen molar-refractivity contribution in [2.24, 2.45) is 0 Å². The van der Waals surface area contributed by atoms with Crippen molar-refractivity contribution in [3.05, 3.63) is 27.4 Å². The molecule has 1 saturated heterocycles. The van der Waals surface area contributed by atoms with E-state index in [1.807, 2.05) is 0 Å². The summed E-state index contributed by atoms with van der Waals surface area (Å²) in [5, 5.41) is 20.1. The van der Waals surface area contributed by atoms with Crippen molar-refractivity contribution >= 4 is 65.2 Å². The molecule has 21 heteroatoms. The van der Waals surface area contributed by atoms with Gasteiger partial charge in [-0.3, -0.25) is 18.9 Å². The van der Waals surface area contributed by atoms with Gasteiger partial charge in [-0.25, -0.2) is 13.7 Å². The second-order valence-corrected chi connectivity index (χ2v) is 10.3. The number of H-pyrrole nitrogens is 1. The van der Waals surface area contributed by atoms with Crippen LogP contribution >= 0.6 is 35.7 Å². The molecule has 2 unspecified atom stereocenters. The standard InChI is InChI=1S/C9H15N2O14P3S.Na/c12-5-1-2-11(9(29)10-5)8-7(14)6(13)4(23-8)3-22-27(18,19)25-28(20,21)24-26(15,16)17;/h1-2,4,6-8,13-14H,3H2,(H,18,19)(H,20,21)(H,10,12,29)(H2,15,16,17);/t4-,6-,7-,8-;/m1./s1. The minimum atomic E-state index is -5.70. The van der Waals surface area contributed by atoms with Gasteiger partial charge in [0, 0.05) is 41.8 Å². The molecule has 0 aromatic carbocycles. The van der Waals surface area contributed by atoms with Crippen LogP contribution in [0.15, 0.2) is 17.1 Å². The molecule has 1 aliphatic rings. The SMILES string of the molecule is O=c1ccn([C@@H]2O[C@H](COP(=O)(O)OP(=O)(O)OP(=O)(O)O)[C@@H](O)[C@H]2O)c(=S)[nH]1.[Na]. The summed E-state index contributed by atoms with van der Waals surface area (Å²) in [4.78, 5) is 48.8. The van der Waals surface area contributed by atoms with Crippen molar-refractivity contribution in [1.29, 1.82) is 0 Å². The minimum Gasteiger partial charge on any atom is -0.387 e. The van der Waals surface area contributed by atoms with Gasteiger partial charge < -0.3 is 34.5 Å². The fourth-order valence-corrected chi connectivity index (χ4v) is 5.49. The third-order valence-corrected chi connectivity index (χ3v) is 7.40. The molecule has 2 heterocycles. The number of rotatable bonds is 8. The first kappa shape index (κ1) is 28.4. The van der Waals surface area contributed by atoms with E-state index in [1.165, 1.54) is 0 Å². The van der Waals surface area contributed by atoms with Gasteiger partial charge in [-0.15, -0.1) is 0 Å². The van der Waals surface area contributed by atoms with Crippen LogP contribution in [-0.4, -0.2) is 93.8 Å². The van der Waals surface area contributed by atoms with Crippen LogP contribution in [0, 0.1) is 4.77 Å². The topological polar surface area (TPSA) is 247 Å². The average molecular weight is 523 g/mol. The zero-order valence-electron chi connectivity index (χ0n) is 14.8. The summed E-state index contributed by atoms with van der Waals surface area (Å²) >= 11 is 4.90. The van der Waals surface area contributed by atoms with Gasteiger partial charge >= 0.3 is 23.5 Å². The van der Waals surface area contributed by atoms with E-state index in [4.69, 9.17) is 31.6 Å². The summed E-state index contributed by atoms with van der Waals surface area (Å²) in [5.74, 6) is 0. The van der Waals surface area contributed by atoms with E-state index in [2.05, 4.69) is 18.1 Å². The third-order valence-electron chi connectivity index (χ3n) is 3.28. The van der Waals surface area contributed by atoms with Crippen molar-refractivity contribution in [3.8, 4) is 0 Å². The van der Waals surface area contributed by atoms with E-state index in [0.717, 1.165) is 16.8 Å². The number of ether oxygens (including phenoxy) is 1. The maximum absolute atomic E-state index is 11.7. The van der Waals surface area contributed by atoms with Crippen LogP contribution < -0.4 is 5.56 Å². The van der Waals surface area contributed by atoms with Gasteiger partial charge in [0.2, 0.25) is 0 Å². The molecule has 1 radical (unpaired) electrons. The average Bonchev–Trinajstić information content (AvgIpc) is 2.78. The molecule has 0 saturated carbocycles. The second-order valence-electron chi connectivity index (χ2n) is 5.45. The number of aromatic amines is 1. The Morgan fingerprint density at radius 3 is 2.23 bits per heavy atom. The monoisotopic (exact) mass is 523 g/mol. The Kier molecular flexibility index (Phi) is 9.99. The molecule has 1 aromatic heterocycles. The number of aliphatic hydroxyl groups is 2. The molecule has 7 N–H and O–H groups in total. The number of hydrogen-bond donors (Lipinski definition) is 7. The molecular weight excluding hydrogens is 508 g/mol. The van der Waals surface area contributed by atoms with Crippen molar-refractivity contribution in [3.63, 3.8) is 0 Å². The fourth-order valence-electron chi connectivity index (χ4n) is 2.20. The quantitative estimate of drug-likeness (QED) is 0.116. The van der Waals surface area contributed by atoms with E-state index >= 15 is 0 Å². The number of nitrogens with zero attached hydrogens (tertiary/aromatic N) is 1. The van der Waals surface area contributed by atoms with Gasteiger partial charge in [0.1, 0.15) is 18.3 Å². The number of hydrogen-bond acceptors (Lipinski definition) is 11. The minimum absolute atomic E-state index is 0.